The van der Waals surface area contributed by atoms with Crippen molar-refractivity contribution < 1.29 is 9.90 Å². The van der Waals surface area contributed by atoms with E-state index in [1.54, 1.807) is 11.8 Å². The average Bonchev–Trinajstić information content (AvgIpc) is 2.41. The van der Waals surface area contributed by atoms with Gasteiger partial charge in [0.25, 0.3) is 0 Å². The molecule has 0 saturated heterocycles. The first-order chi connectivity index (χ1) is 9.56. The van der Waals surface area contributed by atoms with Crippen LogP contribution in [0.3, 0.4) is 0 Å². The van der Waals surface area contributed by atoms with Gasteiger partial charge in [-0.3, -0.25) is 4.79 Å². The van der Waals surface area contributed by atoms with Gasteiger partial charge >= 0.3 is 5.97 Å². The van der Waals surface area contributed by atoms with E-state index in [1.807, 2.05) is 13.8 Å². The van der Waals surface area contributed by atoms with Gasteiger partial charge in [0.1, 0.15) is 4.75 Å². The molecule has 0 saturated carbocycles. The van der Waals surface area contributed by atoms with E-state index in [4.69, 9.17) is 0 Å². The number of aliphatic carboxylic acids is 1. The molecule has 0 aromatic rings. The van der Waals surface area contributed by atoms with Crippen molar-refractivity contribution in [1.82, 2.24) is 0 Å². The molecule has 0 aromatic carbocycles. The predicted octanol–water partition coefficient (Wildman–Crippen LogP) is 5.89. The normalized spacial score (nSPS) is 14.2. The third-order valence-electron chi connectivity index (χ3n) is 3.92. The number of unbranched alkanes of at least 4 members (excludes halogenated alkanes) is 9. The van der Waals surface area contributed by atoms with Crippen molar-refractivity contribution in [1.29, 1.82) is 0 Å². The fourth-order valence-electron chi connectivity index (χ4n) is 2.51. The number of hydrogen-bond acceptors (Lipinski definition) is 2. The summed E-state index contributed by atoms with van der Waals surface area (Å²) in [4.78, 5) is 11.3. The molecule has 0 amide bonds. The summed E-state index contributed by atoms with van der Waals surface area (Å²) in [6.07, 6.45) is 13.8. The number of carboxylic acids is 1. The summed E-state index contributed by atoms with van der Waals surface area (Å²) >= 11 is 1.57. The summed E-state index contributed by atoms with van der Waals surface area (Å²) in [7, 11) is 0. The smallest absolute Gasteiger partial charge is 0.319 e. The summed E-state index contributed by atoms with van der Waals surface area (Å²) in [6, 6.07) is 0. The van der Waals surface area contributed by atoms with Crippen LogP contribution in [0.4, 0.5) is 0 Å². The van der Waals surface area contributed by atoms with E-state index in [9.17, 15) is 9.90 Å². The van der Waals surface area contributed by atoms with Gasteiger partial charge in [-0.2, -0.15) is 0 Å². The molecule has 0 aliphatic heterocycles. The number of hydrogen-bond donors (Lipinski definition) is 1. The Hall–Kier alpha value is -0.180. The van der Waals surface area contributed by atoms with E-state index < -0.39 is 10.7 Å². The molecule has 0 rings (SSSR count). The zero-order valence-electron chi connectivity index (χ0n) is 13.7. The Bertz CT molecular complexity index is 243. The van der Waals surface area contributed by atoms with E-state index >= 15 is 0 Å². The first kappa shape index (κ1) is 19.8. The molecule has 3 heteroatoms. The number of rotatable bonds is 14. The van der Waals surface area contributed by atoms with Crippen LogP contribution in [0.5, 0.6) is 0 Å². The zero-order chi connectivity index (χ0) is 15.3. The fourth-order valence-corrected chi connectivity index (χ4v) is 3.56. The van der Waals surface area contributed by atoms with Crippen LogP contribution < -0.4 is 0 Å². The summed E-state index contributed by atoms with van der Waals surface area (Å²) in [5, 5.41) is 9.29. The third kappa shape index (κ3) is 9.68. The average molecular weight is 303 g/mol. The molecule has 1 unspecified atom stereocenters. The lowest BCUT2D eigenvalue weighted by Gasteiger charge is -2.23. The van der Waals surface area contributed by atoms with Crippen LogP contribution >= 0.6 is 11.8 Å². The largest absolute Gasteiger partial charge is 0.480 e. The fraction of sp³-hybridized carbons (Fsp3) is 0.941. The highest BCUT2D eigenvalue weighted by molar-refractivity contribution is 8.01. The highest BCUT2D eigenvalue weighted by atomic mass is 32.2. The van der Waals surface area contributed by atoms with Crippen molar-refractivity contribution in [3.05, 3.63) is 0 Å². The molecule has 0 bridgehead atoms. The first-order valence-corrected chi connectivity index (χ1v) is 9.42. The molecule has 1 N–H and O–H groups in total. The lowest BCUT2D eigenvalue weighted by Crippen LogP contribution is -2.31. The van der Waals surface area contributed by atoms with Crippen molar-refractivity contribution in [2.45, 2.75) is 96.1 Å². The van der Waals surface area contributed by atoms with Gasteiger partial charge in [0.2, 0.25) is 0 Å². The Morgan fingerprint density at radius 3 is 1.75 bits per heavy atom. The molecule has 0 aliphatic rings. The van der Waals surface area contributed by atoms with Gasteiger partial charge in [-0.1, -0.05) is 78.1 Å². The summed E-state index contributed by atoms with van der Waals surface area (Å²) in [5.74, 6) is 0.223. The molecule has 20 heavy (non-hydrogen) atoms. The van der Waals surface area contributed by atoms with Crippen LogP contribution in [0.25, 0.3) is 0 Å². The van der Waals surface area contributed by atoms with E-state index in [0.29, 0.717) is 0 Å². The maximum atomic E-state index is 11.3. The second kappa shape index (κ2) is 12.6. The number of thioether (sulfide) groups is 1. The van der Waals surface area contributed by atoms with Crippen LogP contribution in [0, 0.1) is 0 Å². The van der Waals surface area contributed by atoms with Crippen LogP contribution in [0.15, 0.2) is 0 Å². The molecule has 120 valence electrons. The topological polar surface area (TPSA) is 37.3 Å². The Labute approximate surface area is 130 Å². The van der Waals surface area contributed by atoms with Crippen LogP contribution in [-0.2, 0) is 4.79 Å². The maximum absolute atomic E-state index is 11.3. The van der Waals surface area contributed by atoms with Gasteiger partial charge in [0.05, 0.1) is 0 Å². The van der Waals surface area contributed by atoms with Crippen molar-refractivity contribution in [2.24, 2.45) is 0 Å². The van der Waals surface area contributed by atoms with E-state index in [0.717, 1.165) is 18.6 Å². The van der Waals surface area contributed by atoms with E-state index in [2.05, 4.69) is 6.92 Å². The summed E-state index contributed by atoms with van der Waals surface area (Å²) in [5.41, 5.74) is 0. The number of carbonyl (C=O) groups is 1. The second-order valence-corrected chi connectivity index (χ2v) is 7.67. The molecule has 0 aliphatic carbocycles. The minimum atomic E-state index is -0.653. The molecule has 1 atom stereocenters. The van der Waals surface area contributed by atoms with Gasteiger partial charge in [-0.15, -0.1) is 11.8 Å². The van der Waals surface area contributed by atoms with E-state index in [-0.39, 0.29) is 0 Å². The molecule has 0 aromatic heterocycles. The lowest BCUT2D eigenvalue weighted by molar-refractivity contribution is -0.139. The van der Waals surface area contributed by atoms with Gasteiger partial charge in [-0.25, -0.2) is 0 Å². The Kier molecular flexibility index (Phi) is 12.4. The Balaban J connectivity index is 3.48. The monoisotopic (exact) mass is 302 g/mol. The lowest BCUT2D eigenvalue weighted by atomic mass is 10.0. The molecular weight excluding hydrogens is 268 g/mol. The molecule has 0 heterocycles. The highest BCUT2D eigenvalue weighted by Crippen LogP contribution is 2.31. The zero-order valence-corrected chi connectivity index (χ0v) is 14.6. The highest BCUT2D eigenvalue weighted by Gasteiger charge is 2.32. The van der Waals surface area contributed by atoms with Crippen LogP contribution in [-0.4, -0.2) is 21.6 Å². The van der Waals surface area contributed by atoms with Crippen LogP contribution in [0.1, 0.15) is 91.4 Å². The summed E-state index contributed by atoms with van der Waals surface area (Å²) < 4.78 is -0.575. The predicted molar refractivity (Wildman–Crippen MR) is 90.6 cm³/mol. The Morgan fingerprint density at radius 1 is 0.900 bits per heavy atom. The summed E-state index contributed by atoms with van der Waals surface area (Å²) in [6.45, 7) is 6.16. The Morgan fingerprint density at radius 2 is 1.35 bits per heavy atom. The minimum absolute atomic E-state index is 0.575. The second-order valence-electron chi connectivity index (χ2n) is 5.90. The third-order valence-corrected chi connectivity index (χ3v) is 5.23. The van der Waals surface area contributed by atoms with Gasteiger partial charge < -0.3 is 5.11 Å². The van der Waals surface area contributed by atoms with Crippen molar-refractivity contribution in [3.8, 4) is 0 Å². The SMILES string of the molecule is CCCCCCCCCCCCC(C)(SCC)C(=O)O. The first-order valence-electron chi connectivity index (χ1n) is 8.44. The van der Waals surface area contributed by atoms with Crippen LogP contribution in [0.2, 0.25) is 0 Å². The molecule has 2 nitrogen and oxygen atoms in total. The van der Waals surface area contributed by atoms with Crippen molar-refractivity contribution in [3.63, 3.8) is 0 Å². The minimum Gasteiger partial charge on any atom is -0.480 e. The standard InChI is InChI=1S/C17H34O2S/c1-4-6-7-8-9-10-11-12-13-14-15-17(3,16(18)19)20-5-2/h4-15H2,1-3H3,(H,18,19). The van der Waals surface area contributed by atoms with Gasteiger partial charge in [-0.05, 0) is 19.1 Å². The van der Waals surface area contributed by atoms with Gasteiger partial charge in [0, 0.05) is 0 Å². The maximum Gasteiger partial charge on any atom is 0.319 e. The van der Waals surface area contributed by atoms with Crippen molar-refractivity contribution in [2.75, 3.05) is 5.75 Å². The molecule has 0 fully saturated rings. The van der Waals surface area contributed by atoms with Crippen molar-refractivity contribution >= 4 is 17.7 Å². The number of carboxylic acid groups (broad SMARTS) is 1. The quantitative estimate of drug-likeness (QED) is 0.406. The van der Waals surface area contributed by atoms with Gasteiger partial charge in [0.15, 0.2) is 0 Å². The molecule has 0 radical (unpaired) electrons. The molecular formula is C17H34O2S. The van der Waals surface area contributed by atoms with E-state index in [1.165, 1.54) is 57.8 Å². The molecule has 0 spiro atoms.